The zero-order chi connectivity index (χ0) is 21.7. The lowest BCUT2D eigenvalue weighted by atomic mass is 9.94. The molecule has 1 aliphatic carbocycles. The topological polar surface area (TPSA) is 64.2 Å². The second-order valence-electron chi connectivity index (χ2n) is 9.20. The van der Waals surface area contributed by atoms with Gasteiger partial charge in [-0.3, -0.25) is 19.3 Å². The first-order valence-electron chi connectivity index (χ1n) is 12.0. The van der Waals surface area contributed by atoms with E-state index in [2.05, 4.69) is 18.7 Å². The molecule has 3 rings (SSSR count). The summed E-state index contributed by atoms with van der Waals surface area (Å²) in [5.74, 6) is 1.16. The van der Waals surface area contributed by atoms with Crippen molar-refractivity contribution in [1.82, 2.24) is 19.6 Å². The molecule has 0 radical (unpaired) electrons. The highest BCUT2D eigenvalue weighted by Crippen LogP contribution is 2.32. The van der Waals surface area contributed by atoms with Crippen LogP contribution in [0.2, 0.25) is 0 Å². The van der Waals surface area contributed by atoms with Crippen LogP contribution in [0.3, 0.4) is 0 Å². The van der Waals surface area contributed by atoms with Gasteiger partial charge in [-0.15, -0.1) is 0 Å². The van der Waals surface area contributed by atoms with Crippen LogP contribution < -0.4 is 0 Å². The number of amides is 3. The molecule has 3 amide bonds. The van der Waals surface area contributed by atoms with Crippen LogP contribution in [0, 0.1) is 11.8 Å². The van der Waals surface area contributed by atoms with Crippen LogP contribution in [0.15, 0.2) is 0 Å². The molecule has 7 heteroatoms. The molecule has 0 spiro atoms. The first-order valence-corrected chi connectivity index (χ1v) is 12.0. The molecule has 0 aromatic carbocycles. The quantitative estimate of drug-likeness (QED) is 0.658. The van der Waals surface area contributed by atoms with E-state index in [9.17, 15) is 14.4 Å². The van der Waals surface area contributed by atoms with E-state index in [1.807, 2.05) is 14.7 Å². The van der Waals surface area contributed by atoms with E-state index in [4.69, 9.17) is 0 Å². The van der Waals surface area contributed by atoms with E-state index in [1.165, 1.54) is 12.8 Å². The van der Waals surface area contributed by atoms with Gasteiger partial charge in [0.1, 0.15) is 0 Å². The van der Waals surface area contributed by atoms with Crippen molar-refractivity contribution in [2.75, 3.05) is 52.4 Å². The molecule has 3 fully saturated rings. The maximum atomic E-state index is 13.6. The van der Waals surface area contributed by atoms with E-state index < -0.39 is 0 Å². The first-order chi connectivity index (χ1) is 14.5. The lowest BCUT2D eigenvalue weighted by Gasteiger charge is -2.44. The second kappa shape index (κ2) is 10.6. The normalized spacial score (nSPS) is 22.6. The fourth-order valence-electron chi connectivity index (χ4n) is 5.47. The summed E-state index contributed by atoms with van der Waals surface area (Å²) >= 11 is 0. The van der Waals surface area contributed by atoms with Gasteiger partial charge in [0.2, 0.25) is 17.7 Å². The highest BCUT2D eigenvalue weighted by Gasteiger charge is 2.40. The Morgan fingerprint density at radius 3 is 1.70 bits per heavy atom. The molecule has 2 heterocycles. The highest BCUT2D eigenvalue weighted by molar-refractivity contribution is 5.83. The molecule has 1 atom stereocenters. The van der Waals surface area contributed by atoms with Crippen LogP contribution >= 0.6 is 0 Å². The van der Waals surface area contributed by atoms with Crippen LogP contribution in [0.4, 0.5) is 0 Å². The van der Waals surface area contributed by atoms with Crippen LogP contribution in [0.1, 0.15) is 59.3 Å². The van der Waals surface area contributed by atoms with Gasteiger partial charge >= 0.3 is 0 Å². The number of nitrogens with zero attached hydrogens (tertiary/aromatic N) is 4. The fourth-order valence-corrected chi connectivity index (χ4v) is 5.47. The predicted octanol–water partition coefficient (Wildman–Crippen LogP) is 1.82. The Morgan fingerprint density at radius 1 is 0.733 bits per heavy atom. The van der Waals surface area contributed by atoms with Gasteiger partial charge in [-0.1, -0.05) is 26.7 Å². The summed E-state index contributed by atoms with van der Waals surface area (Å²) < 4.78 is 0. The largest absolute Gasteiger partial charge is 0.340 e. The van der Waals surface area contributed by atoms with Gasteiger partial charge in [0, 0.05) is 65.2 Å². The van der Waals surface area contributed by atoms with Gasteiger partial charge in [-0.25, -0.2) is 0 Å². The molecule has 0 N–H and O–H groups in total. The smallest absolute Gasteiger partial charge is 0.240 e. The Morgan fingerprint density at radius 2 is 1.20 bits per heavy atom. The van der Waals surface area contributed by atoms with Crippen molar-refractivity contribution in [3.63, 3.8) is 0 Å². The highest BCUT2D eigenvalue weighted by atomic mass is 16.2. The van der Waals surface area contributed by atoms with Gasteiger partial charge in [-0.05, 0) is 31.6 Å². The van der Waals surface area contributed by atoms with Crippen molar-refractivity contribution in [2.24, 2.45) is 11.8 Å². The number of hydrogen-bond donors (Lipinski definition) is 0. The van der Waals surface area contributed by atoms with Gasteiger partial charge in [0.05, 0.1) is 6.04 Å². The molecule has 0 aromatic heterocycles. The molecule has 1 unspecified atom stereocenters. The lowest BCUT2D eigenvalue weighted by Crippen LogP contribution is -2.61. The van der Waals surface area contributed by atoms with Crippen LogP contribution in [-0.2, 0) is 14.4 Å². The summed E-state index contributed by atoms with van der Waals surface area (Å²) in [6.07, 6.45) is 6.45. The number of rotatable bonds is 6. The molecule has 2 aliphatic heterocycles. The van der Waals surface area contributed by atoms with Crippen molar-refractivity contribution in [1.29, 1.82) is 0 Å². The molecule has 7 nitrogen and oxygen atoms in total. The van der Waals surface area contributed by atoms with Crippen LogP contribution in [0.5, 0.6) is 0 Å². The molecule has 2 saturated heterocycles. The minimum atomic E-state index is -0.0678. The number of carbonyl (C=O) groups excluding carboxylic acids is 3. The number of piperazine rings is 2. The summed E-state index contributed by atoms with van der Waals surface area (Å²) in [4.78, 5) is 46.1. The van der Waals surface area contributed by atoms with Crippen LogP contribution in [-0.4, -0.2) is 95.7 Å². The maximum Gasteiger partial charge on any atom is 0.240 e. The number of hydrogen-bond acceptors (Lipinski definition) is 4. The van der Waals surface area contributed by atoms with E-state index in [1.54, 1.807) is 6.92 Å². The summed E-state index contributed by atoms with van der Waals surface area (Å²) in [5.41, 5.74) is 0. The monoisotopic (exact) mass is 420 g/mol. The van der Waals surface area contributed by atoms with Gasteiger partial charge < -0.3 is 14.7 Å². The predicted molar refractivity (Wildman–Crippen MR) is 117 cm³/mol. The lowest BCUT2D eigenvalue weighted by molar-refractivity contribution is -0.146. The van der Waals surface area contributed by atoms with Crippen molar-refractivity contribution < 1.29 is 14.4 Å². The second-order valence-corrected chi connectivity index (χ2v) is 9.20. The van der Waals surface area contributed by atoms with E-state index in [-0.39, 0.29) is 29.7 Å². The Labute approximate surface area is 181 Å². The molecular formula is C23H40N4O3. The average Bonchev–Trinajstić information content (AvgIpc) is 3.29. The van der Waals surface area contributed by atoms with Crippen molar-refractivity contribution >= 4 is 17.7 Å². The Bertz CT molecular complexity index is 600. The molecular weight excluding hydrogens is 380 g/mol. The third-order valence-corrected chi connectivity index (χ3v) is 7.49. The van der Waals surface area contributed by atoms with Crippen molar-refractivity contribution in [3.05, 3.63) is 0 Å². The minimum absolute atomic E-state index is 0.0678. The standard InChI is InChI=1S/C23H40N4O3/c1-4-19(5-2)22(29)26-16-12-25(13-17-26)21(20-8-6-7-9-20)23(30)27-14-10-24(11-15-27)18(3)28/h19-21H,4-17H2,1-3H3. The van der Waals surface area contributed by atoms with E-state index in [0.717, 1.165) is 51.9 Å². The Balaban J connectivity index is 1.63. The van der Waals surface area contributed by atoms with Gasteiger partial charge in [0.15, 0.2) is 0 Å². The van der Waals surface area contributed by atoms with Crippen molar-refractivity contribution in [3.8, 4) is 0 Å². The maximum absolute atomic E-state index is 13.6. The zero-order valence-corrected chi connectivity index (χ0v) is 19.1. The zero-order valence-electron chi connectivity index (χ0n) is 19.1. The molecule has 0 bridgehead atoms. The molecule has 170 valence electrons. The third-order valence-electron chi connectivity index (χ3n) is 7.49. The summed E-state index contributed by atoms with van der Waals surface area (Å²) in [6, 6.07) is -0.0678. The van der Waals surface area contributed by atoms with Gasteiger partial charge in [-0.2, -0.15) is 0 Å². The van der Waals surface area contributed by atoms with E-state index in [0.29, 0.717) is 32.1 Å². The number of carbonyl (C=O) groups is 3. The van der Waals surface area contributed by atoms with Crippen molar-refractivity contribution in [2.45, 2.75) is 65.3 Å². The molecule has 0 aromatic rings. The molecule has 3 aliphatic rings. The summed E-state index contributed by atoms with van der Waals surface area (Å²) in [5, 5.41) is 0. The van der Waals surface area contributed by atoms with Crippen LogP contribution in [0.25, 0.3) is 0 Å². The van der Waals surface area contributed by atoms with Gasteiger partial charge in [0.25, 0.3) is 0 Å². The Hall–Kier alpha value is -1.63. The fraction of sp³-hybridized carbons (Fsp3) is 0.870. The average molecular weight is 421 g/mol. The SMILES string of the molecule is CCC(CC)C(=O)N1CCN(C(C(=O)N2CCN(C(C)=O)CC2)C2CCCC2)CC1. The molecule has 30 heavy (non-hydrogen) atoms. The first kappa shape index (κ1) is 23.0. The third kappa shape index (κ3) is 5.16. The van der Waals surface area contributed by atoms with E-state index >= 15 is 0 Å². The summed E-state index contributed by atoms with van der Waals surface area (Å²) in [7, 11) is 0. The minimum Gasteiger partial charge on any atom is -0.340 e. The Kier molecular flexibility index (Phi) is 8.14. The summed E-state index contributed by atoms with van der Waals surface area (Å²) in [6.45, 7) is 11.3. The molecule has 1 saturated carbocycles.